The number of nitrogens with one attached hydrogen (secondary N) is 1. The molecular weight excluding hydrogens is 262 g/mol. The largest absolute Gasteiger partial charge is 0.490 e. The molecule has 1 aliphatic heterocycles. The second kappa shape index (κ2) is 5.13. The molecule has 0 radical (unpaired) electrons. The van der Waals surface area contributed by atoms with Gasteiger partial charge in [0.15, 0.2) is 0 Å². The Morgan fingerprint density at radius 1 is 1.33 bits per heavy atom. The summed E-state index contributed by atoms with van der Waals surface area (Å²) in [5.41, 5.74) is 4.93. The lowest BCUT2D eigenvalue weighted by molar-refractivity contribution is 0.306. The minimum Gasteiger partial charge on any atom is -0.490 e. The lowest BCUT2D eigenvalue weighted by Gasteiger charge is -2.31. The van der Waals surface area contributed by atoms with Crippen LogP contribution in [0.4, 0.5) is 5.69 Å². The maximum atomic E-state index is 5.79. The Balaban J connectivity index is 1.66. The van der Waals surface area contributed by atoms with Crippen LogP contribution in [0.25, 0.3) is 5.57 Å². The Bertz CT molecular complexity index is 701. The molecule has 0 spiro atoms. The van der Waals surface area contributed by atoms with Gasteiger partial charge in [-0.2, -0.15) is 0 Å². The average Bonchev–Trinajstić information content (AvgIpc) is 3.21. The molecule has 0 fully saturated rings. The van der Waals surface area contributed by atoms with Gasteiger partial charge in [0.05, 0.1) is 30.8 Å². The van der Waals surface area contributed by atoms with Crippen molar-refractivity contribution in [2.24, 2.45) is 0 Å². The van der Waals surface area contributed by atoms with Crippen LogP contribution in [0.5, 0.6) is 5.75 Å². The van der Waals surface area contributed by atoms with Crippen LogP contribution in [0.1, 0.15) is 17.7 Å². The lowest BCUT2D eigenvalue weighted by atomic mass is 10.0. The van der Waals surface area contributed by atoms with E-state index in [0.29, 0.717) is 0 Å². The Morgan fingerprint density at radius 2 is 2.33 bits per heavy atom. The van der Waals surface area contributed by atoms with Gasteiger partial charge in [0, 0.05) is 6.20 Å². The van der Waals surface area contributed by atoms with Gasteiger partial charge in [0.2, 0.25) is 0 Å². The van der Waals surface area contributed by atoms with Crippen LogP contribution in [0.3, 0.4) is 0 Å². The third-order valence-corrected chi connectivity index (χ3v) is 3.98. The molecule has 106 valence electrons. The average molecular weight is 279 g/mol. The maximum Gasteiger partial charge on any atom is 0.142 e. The van der Waals surface area contributed by atoms with Gasteiger partial charge in [0.25, 0.3) is 0 Å². The van der Waals surface area contributed by atoms with Gasteiger partial charge < -0.3 is 14.6 Å². The van der Waals surface area contributed by atoms with Gasteiger partial charge >= 0.3 is 0 Å². The number of rotatable bonds is 3. The highest BCUT2D eigenvalue weighted by molar-refractivity contribution is 5.75. The number of hydrogen-bond acceptors (Lipinski definition) is 3. The maximum absolute atomic E-state index is 5.79. The van der Waals surface area contributed by atoms with Crippen LogP contribution in [-0.2, 0) is 6.54 Å². The SMILES string of the molecule is C1=CCC(c2ccc3c(c2)N(Cc2cnc[nH]2)CCO3)=C1. The van der Waals surface area contributed by atoms with Gasteiger partial charge in [-0.1, -0.05) is 24.3 Å². The number of hydrogen-bond donors (Lipinski definition) is 1. The van der Waals surface area contributed by atoms with Crippen LogP contribution in [0, 0.1) is 0 Å². The normalized spacial score (nSPS) is 16.6. The van der Waals surface area contributed by atoms with E-state index in [0.717, 1.165) is 37.6 Å². The second-order valence-corrected chi connectivity index (χ2v) is 5.35. The molecule has 0 unspecified atom stereocenters. The number of ether oxygens (including phenoxy) is 1. The quantitative estimate of drug-likeness (QED) is 0.938. The molecule has 0 saturated carbocycles. The Kier molecular flexibility index (Phi) is 2.99. The summed E-state index contributed by atoms with van der Waals surface area (Å²) < 4.78 is 5.79. The molecule has 0 atom stereocenters. The standard InChI is InChI=1S/C17H17N3O/c1-2-4-13(3-1)14-5-6-17-16(9-14)20(7-8-21-17)11-15-10-18-12-19-15/h1-3,5-6,9-10,12H,4,7-8,11H2,(H,18,19). The zero-order valence-corrected chi connectivity index (χ0v) is 11.7. The van der Waals surface area contributed by atoms with Crippen LogP contribution in [0.2, 0.25) is 0 Å². The molecule has 1 aliphatic carbocycles. The summed E-state index contributed by atoms with van der Waals surface area (Å²) in [6.45, 7) is 2.45. The van der Waals surface area contributed by atoms with Crippen LogP contribution in [-0.4, -0.2) is 23.1 Å². The van der Waals surface area contributed by atoms with Crippen molar-refractivity contribution in [3.8, 4) is 5.75 Å². The van der Waals surface area contributed by atoms with E-state index in [-0.39, 0.29) is 0 Å². The first-order valence-electron chi connectivity index (χ1n) is 7.25. The minimum atomic E-state index is 0.727. The monoisotopic (exact) mass is 279 g/mol. The van der Waals surface area contributed by atoms with Crippen molar-refractivity contribution in [2.45, 2.75) is 13.0 Å². The molecule has 4 heteroatoms. The highest BCUT2D eigenvalue weighted by atomic mass is 16.5. The van der Waals surface area contributed by atoms with E-state index in [4.69, 9.17) is 4.74 Å². The number of allylic oxidation sites excluding steroid dienone is 4. The molecule has 0 saturated heterocycles. The molecule has 2 heterocycles. The topological polar surface area (TPSA) is 41.2 Å². The van der Waals surface area contributed by atoms with E-state index in [9.17, 15) is 0 Å². The molecule has 1 N–H and O–H groups in total. The molecule has 0 amide bonds. The highest BCUT2D eigenvalue weighted by Gasteiger charge is 2.19. The number of fused-ring (bicyclic) bond motifs is 1. The van der Waals surface area contributed by atoms with Gasteiger partial charge in [-0.25, -0.2) is 4.98 Å². The number of benzene rings is 1. The number of aromatic amines is 1. The molecule has 2 aliphatic rings. The first-order valence-corrected chi connectivity index (χ1v) is 7.25. The predicted octanol–water partition coefficient (Wildman–Crippen LogP) is 3.15. The number of imidazole rings is 1. The zero-order valence-electron chi connectivity index (χ0n) is 11.7. The summed E-state index contributed by atoms with van der Waals surface area (Å²) in [5, 5.41) is 0. The Hall–Kier alpha value is -2.49. The smallest absolute Gasteiger partial charge is 0.142 e. The second-order valence-electron chi connectivity index (χ2n) is 5.35. The van der Waals surface area contributed by atoms with Crippen molar-refractivity contribution >= 4 is 11.3 Å². The van der Waals surface area contributed by atoms with Gasteiger partial charge in [-0.15, -0.1) is 0 Å². The zero-order chi connectivity index (χ0) is 14.1. The van der Waals surface area contributed by atoms with Crippen LogP contribution < -0.4 is 9.64 Å². The van der Waals surface area contributed by atoms with E-state index < -0.39 is 0 Å². The van der Waals surface area contributed by atoms with E-state index in [2.05, 4.69) is 51.3 Å². The number of aromatic nitrogens is 2. The van der Waals surface area contributed by atoms with Crippen molar-refractivity contribution in [2.75, 3.05) is 18.1 Å². The van der Waals surface area contributed by atoms with E-state index in [1.807, 2.05) is 6.20 Å². The fourth-order valence-corrected chi connectivity index (χ4v) is 2.87. The molecule has 4 nitrogen and oxygen atoms in total. The van der Waals surface area contributed by atoms with E-state index in [1.54, 1.807) is 6.33 Å². The number of nitrogens with zero attached hydrogens (tertiary/aromatic N) is 2. The Morgan fingerprint density at radius 3 is 3.14 bits per heavy atom. The van der Waals surface area contributed by atoms with Gasteiger partial charge in [0.1, 0.15) is 12.4 Å². The molecule has 0 bridgehead atoms. The van der Waals surface area contributed by atoms with Crippen molar-refractivity contribution in [1.82, 2.24) is 9.97 Å². The molecule has 1 aromatic heterocycles. The molecule has 21 heavy (non-hydrogen) atoms. The first-order chi connectivity index (χ1) is 10.4. The summed E-state index contributed by atoms with van der Waals surface area (Å²) in [4.78, 5) is 9.61. The fraction of sp³-hybridized carbons (Fsp3) is 0.235. The molecule has 2 aromatic rings. The lowest BCUT2D eigenvalue weighted by Crippen LogP contribution is -2.32. The third-order valence-electron chi connectivity index (χ3n) is 3.98. The third kappa shape index (κ3) is 2.33. The first kappa shape index (κ1) is 12.3. The highest BCUT2D eigenvalue weighted by Crippen LogP contribution is 2.36. The van der Waals surface area contributed by atoms with Crippen LogP contribution in [0.15, 0.2) is 49.0 Å². The number of anilines is 1. The molecule has 1 aromatic carbocycles. The summed E-state index contributed by atoms with van der Waals surface area (Å²) in [5.74, 6) is 0.969. The summed E-state index contributed by atoms with van der Waals surface area (Å²) in [6.07, 6.45) is 11.1. The van der Waals surface area contributed by atoms with Crippen molar-refractivity contribution in [3.63, 3.8) is 0 Å². The minimum absolute atomic E-state index is 0.727. The molecule has 4 rings (SSSR count). The molecular formula is C17H17N3O. The van der Waals surface area contributed by atoms with Crippen molar-refractivity contribution < 1.29 is 4.74 Å². The predicted molar refractivity (Wildman–Crippen MR) is 83.3 cm³/mol. The summed E-state index contributed by atoms with van der Waals surface area (Å²) in [6, 6.07) is 6.48. The van der Waals surface area contributed by atoms with Gasteiger partial charge in [-0.05, 0) is 29.7 Å². The summed E-state index contributed by atoms with van der Waals surface area (Å²) in [7, 11) is 0. The van der Waals surface area contributed by atoms with E-state index >= 15 is 0 Å². The number of H-pyrrole nitrogens is 1. The van der Waals surface area contributed by atoms with Crippen molar-refractivity contribution in [1.29, 1.82) is 0 Å². The van der Waals surface area contributed by atoms with E-state index in [1.165, 1.54) is 16.8 Å². The van der Waals surface area contributed by atoms with Gasteiger partial charge in [-0.3, -0.25) is 0 Å². The Labute approximate surface area is 123 Å². The van der Waals surface area contributed by atoms with Crippen LogP contribution >= 0.6 is 0 Å². The fourth-order valence-electron chi connectivity index (χ4n) is 2.87. The van der Waals surface area contributed by atoms with Crippen molar-refractivity contribution in [3.05, 3.63) is 60.2 Å². The summed E-state index contributed by atoms with van der Waals surface area (Å²) >= 11 is 0.